The molecule has 0 radical (unpaired) electrons. The van der Waals surface area contributed by atoms with Crippen molar-refractivity contribution in [3.05, 3.63) is 152 Å². The highest BCUT2D eigenvalue weighted by molar-refractivity contribution is 5.60. The molecule has 2 aliphatic rings. The van der Waals surface area contributed by atoms with Gasteiger partial charge in [-0.25, -0.2) is 0 Å². The summed E-state index contributed by atoms with van der Waals surface area (Å²) in [6.07, 6.45) is 24.2. The summed E-state index contributed by atoms with van der Waals surface area (Å²) < 4.78 is 28.5. The molecule has 0 atom stereocenters. The summed E-state index contributed by atoms with van der Waals surface area (Å²) >= 11 is 0. The molecule has 0 aromatic heterocycles. The Bertz CT molecular complexity index is 2230. The number of rotatable bonds is 17. The van der Waals surface area contributed by atoms with Crippen LogP contribution in [0.2, 0.25) is 0 Å². The summed E-state index contributed by atoms with van der Waals surface area (Å²) in [5.74, 6) is 4.14. The standard InChI is InChI=1S/C63H86O4/c1-14-18-28-64-57-46-32-45(44-26-24-22-23-25-27-44)33-47(57)35-49-39-55(62(8,9)10)41-51(59(49)66-30-20-16-3)37-53-43-56(63(11,12)13)42-52(60(53)67-31-21-17-4)36-50-40-54(61(5,6)7)38-48(34-46)58(50)65-29-19-15-2/h22-27,32-33,38-44H,14-21,28-31,34-37H2,1-13H3. The van der Waals surface area contributed by atoms with Crippen LogP contribution in [0.5, 0.6) is 23.0 Å². The normalized spacial score (nSPS) is 14.3. The zero-order chi connectivity index (χ0) is 48.4. The minimum absolute atomic E-state index is 0.0869. The first-order chi connectivity index (χ1) is 31.9. The summed E-state index contributed by atoms with van der Waals surface area (Å²) in [6.45, 7) is 32.7. The first-order valence-electron chi connectivity index (χ1n) is 26.1. The first kappa shape index (κ1) is 51.7. The van der Waals surface area contributed by atoms with Crippen molar-refractivity contribution in [1.29, 1.82) is 0 Å². The lowest BCUT2D eigenvalue weighted by Gasteiger charge is -2.29. The van der Waals surface area contributed by atoms with E-state index in [1.807, 2.05) is 0 Å². The Kier molecular flexibility index (Phi) is 17.8. The highest BCUT2D eigenvalue weighted by atomic mass is 16.5. The van der Waals surface area contributed by atoms with Gasteiger partial charge in [0.05, 0.1) is 26.4 Å². The summed E-state index contributed by atoms with van der Waals surface area (Å²) in [5, 5.41) is 0. The maximum absolute atomic E-state index is 7.13. The van der Waals surface area contributed by atoms with Gasteiger partial charge in [-0.15, -0.1) is 0 Å². The van der Waals surface area contributed by atoms with Crippen LogP contribution in [-0.2, 0) is 41.9 Å². The van der Waals surface area contributed by atoms with Crippen LogP contribution < -0.4 is 18.9 Å². The summed E-state index contributed by atoms with van der Waals surface area (Å²) in [5.41, 5.74) is 14.6. The Balaban J connectivity index is 1.79. The third-order valence-corrected chi connectivity index (χ3v) is 13.4. The van der Waals surface area contributed by atoms with E-state index in [2.05, 4.69) is 175 Å². The fourth-order valence-corrected chi connectivity index (χ4v) is 9.21. The van der Waals surface area contributed by atoms with Crippen LogP contribution in [0.4, 0.5) is 0 Å². The third-order valence-electron chi connectivity index (χ3n) is 13.4. The Labute approximate surface area is 407 Å². The molecule has 4 aromatic rings. The van der Waals surface area contributed by atoms with E-state index in [9.17, 15) is 0 Å². The monoisotopic (exact) mass is 907 g/mol. The Hall–Kier alpha value is -4.70. The van der Waals surface area contributed by atoms with Crippen LogP contribution in [0.15, 0.2) is 85.0 Å². The molecule has 4 nitrogen and oxygen atoms in total. The summed E-state index contributed by atoms with van der Waals surface area (Å²) in [6, 6.07) is 19.5. The Morgan fingerprint density at radius 3 is 0.821 bits per heavy atom. The summed E-state index contributed by atoms with van der Waals surface area (Å²) in [4.78, 5) is 0. The van der Waals surface area contributed by atoms with Gasteiger partial charge < -0.3 is 18.9 Å². The predicted octanol–water partition coefficient (Wildman–Crippen LogP) is 16.7. The molecule has 362 valence electrons. The lowest BCUT2D eigenvalue weighted by molar-refractivity contribution is 0.297. The van der Waals surface area contributed by atoms with Crippen LogP contribution >= 0.6 is 0 Å². The van der Waals surface area contributed by atoms with E-state index in [-0.39, 0.29) is 22.2 Å². The molecule has 2 aliphatic carbocycles. The van der Waals surface area contributed by atoms with Crippen molar-refractivity contribution in [2.45, 2.75) is 189 Å². The van der Waals surface area contributed by atoms with Crippen molar-refractivity contribution in [3.8, 4) is 23.0 Å². The zero-order valence-corrected chi connectivity index (χ0v) is 44.1. The predicted molar refractivity (Wildman–Crippen MR) is 285 cm³/mol. The molecule has 0 spiro atoms. The van der Waals surface area contributed by atoms with Crippen molar-refractivity contribution in [1.82, 2.24) is 0 Å². The van der Waals surface area contributed by atoms with Crippen LogP contribution in [0.1, 0.15) is 214 Å². The van der Waals surface area contributed by atoms with E-state index >= 15 is 0 Å². The van der Waals surface area contributed by atoms with Crippen molar-refractivity contribution in [2.75, 3.05) is 26.4 Å². The average Bonchev–Trinajstić information content (AvgIpc) is 3.55. The van der Waals surface area contributed by atoms with Gasteiger partial charge in [-0.2, -0.15) is 0 Å². The molecule has 0 heterocycles. The number of benzene rings is 4. The topological polar surface area (TPSA) is 36.9 Å². The Morgan fingerprint density at radius 2 is 0.597 bits per heavy atom. The molecular weight excluding hydrogens is 821 g/mol. The lowest BCUT2D eigenvalue weighted by Crippen LogP contribution is -2.17. The maximum Gasteiger partial charge on any atom is 0.126 e. The van der Waals surface area contributed by atoms with Crippen molar-refractivity contribution in [2.24, 2.45) is 0 Å². The van der Waals surface area contributed by atoms with E-state index < -0.39 is 0 Å². The molecule has 0 amide bonds. The lowest BCUT2D eigenvalue weighted by atomic mass is 9.79. The van der Waals surface area contributed by atoms with Crippen LogP contribution in [0.3, 0.4) is 0 Å². The smallest absolute Gasteiger partial charge is 0.126 e. The van der Waals surface area contributed by atoms with Gasteiger partial charge in [0.15, 0.2) is 0 Å². The minimum Gasteiger partial charge on any atom is -0.493 e. The molecule has 0 saturated carbocycles. The fourth-order valence-electron chi connectivity index (χ4n) is 9.21. The van der Waals surface area contributed by atoms with E-state index in [1.54, 1.807) is 0 Å². The second-order valence-corrected chi connectivity index (χ2v) is 22.5. The van der Waals surface area contributed by atoms with Gasteiger partial charge >= 0.3 is 0 Å². The van der Waals surface area contributed by atoms with E-state index in [1.165, 1.54) is 66.8 Å². The number of fused-ring (bicyclic) bond motifs is 8. The second kappa shape index (κ2) is 23.1. The third kappa shape index (κ3) is 13.5. The zero-order valence-electron chi connectivity index (χ0n) is 44.1. The van der Waals surface area contributed by atoms with Crippen LogP contribution in [0.25, 0.3) is 0 Å². The molecule has 0 unspecified atom stereocenters. The van der Waals surface area contributed by atoms with Gasteiger partial charge in [0.25, 0.3) is 0 Å². The first-order valence-corrected chi connectivity index (χ1v) is 26.1. The molecule has 6 rings (SSSR count). The molecule has 0 N–H and O–H groups in total. The highest BCUT2D eigenvalue weighted by Crippen LogP contribution is 2.44. The van der Waals surface area contributed by atoms with E-state index in [4.69, 9.17) is 18.9 Å². The molecule has 4 heteroatoms. The number of hydrogen-bond acceptors (Lipinski definition) is 4. The van der Waals surface area contributed by atoms with E-state index in [0.717, 1.165) is 74.4 Å². The van der Waals surface area contributed by atoms with Gasteiger partial charge in [-0.1, -0.05) is 201 Å². The van der Waals surface area contributed by atoms with Gasteiger partial charge in [0.2, 0.25) is 0 Å². The maximum atomic E-state index is 7.13. The second-order valence-electron chi connectivity index (χ2n) is 22.5. The molecule has 8 bridgehead atoms. The quantitative estimate of drug-likeness (QED) is 0.0871. The minimum atomic E-state index is -0.0940. The number of unbranched alkanes of at least 4 members (excludes halogenated alkanes) is 4. The average molecular weight is 907 g/mol. The van der Waals surface area contributed by atoms with Crippen molar-refractivity contribution < 1.29 is 18.9 Å². The molecular formula is C63H86O4. The van der Waals surface area contributed by atoms with Gasteiger partial charge in [-0.3, -0.25) is 0 Å². The molecule has 0 aliphatic heterocycles. The van der Waals surface area contributed by atoms with Crippen molar-refractivity contribution in [3.63, 3.8) is 0 Å². The Morgan fingerprint density at radius 1 is 0.358 bits per heavy atom. The molecule has 4 aromatic carbocycles. The number of allylic oxidation sites excluding steroid dienone is 6. The molecule has 0 fully saturated rings. The van der Waals surface area contributed by atoms with Gasteiger partial charge in [0, 0.05) is 31.6 Å². The largest absolute Gasteiger partial charge is 0.493 e. The highest BCUT2D eigenvalue weighted by Gasteiger charge is 2.29. The number of ether oxygens (including phenoxy) is 4. The van der Waals surface area contributed by atoms with Crippen LogP contribution in [-0.4, -0.2) is 26.4 Å². The van der Waals surface area contributed by atoms with Gasteiger partial charge in [-0.05, 0) is 109 Å². The molecule has 0 saturated heterocycles. The summed E-state index contributed by atoms with van der Waals surface area (Å²) in [7, 11) is 0. The SMILES string of the molecule is CCCCOc1c2cc(C3C=CC=CC=C3)cc1Cc1cc(C(C)(C)C)cc(c1OCCCC)Cc1cc(C(C)(C)C)cc(c1OCCCC)Cc1cc(C(C)(C)C)cc(c1OCCCC)C2. The number of hydrogen-bond donors (Lipinski definition) is 0. The van der Waals surface area contributed by atoms with Crippen LogP contribution in [0, 0.1) is 0 Å². The van der Waals surface area contributed by atoms with E-state index in [0.29, 0.717) is 52.1 Å². The van der Waals surface area contributed by atoms with Crippen molar-refractivity contribution >= 4 is 0 Å². The fraction of sp³-hybridized carbons (Fsp3) is 0.524. The molecule has 67 heavy (non-hydrogen) atoms. The van der Waals surface area contributed by atoms with Gasteiger partial charge in [0.1, 0.15) is 23.0 Å².